The predicted octanol–water partition coefficient (Wildman–Crippen LogP) is 3.00. The Morgan fingerprint density at radius 2 is 1.88 bits per heavy atom. The number of carbonyl (C=O) groups excluding carboxylic acids is 2. The molecule has 24 heavy (non-hydrogen) atoms. The lowest BCUT2D eigenvalue weighted by Crippen LogP contribution is -2.49. The summed E-state index contributed by atoms with van der Waals surface area (Å²) in [7, 11) is 0. The minimum Gasteiger partial charge on any atom is -0.360 e. The first-order chi connectivity index (χ1) is 11.2. The molecule has 1 N–H and O–H groups in total. The van der Waals surface area contributed by atoms with E-state index in [1.54, 1.807) is 13.0 Å². The fourth-order valence-corrected chi connectivity index (χ4v) is 2.11. The molecule has 1 heterocycles. The van der Waals surface area contributed by atoms with Gasteiger partial charge in [0.25, 0.3) is 5.91 Å². The van der Waals surface area contributed by atoms with Crippen molar-refractivity contribution in [3.8, 4) is 0 Å². The second-order valence-electron chi connectivity index (χ2n) is 6.44. The van der Waals surface area contributed by atoms with Crippen molar-refractivity contribution in [1.82, 2.24) is 10.1 Å². The monoisotopic (exact) mass is 333 g/mol. The molecule has 2 rings (SSSR count). The van der Waals surface area contributed by atoms with E-state index >= 15 is 0 Å². The molecule has 0 saturated heterocycles. The fraction of sp³-hybridized carbons (Fsp3) is 0.353. The molecule has 1 aromatic carbocycles. The van der Waals surface area contributed by atoms with Crippen molar-refractivity contribution in [3.05, 3.63) is 47.5 Å². The Morgan fingerprint density at radius 1 is 1.25 bits per heavy atom. The molecule has 1 aromatic heterocycles. The lowest BCUT2D eigenvalue weighted by molar-refractivity contribution is -0.117. The van der Waals surface area contributed by atoms with E-state index in [1.165, 1.54) is 29.2 Å². The van der Waals surface area contributed by atoms with Gasteiger partial charge in [-0.2, -0.15) is 0 Å². The van der Waals surface area contributed by atoms with Crippen molar-refractivity contribution >= 4 is 17.6 Å². The largest absolute Gasteiger partial charge is 0.360 e. The lowest BCUT2D eigenvalue weighted by Gasteiger charge is -2.35. The first-order valence-electron chi connectivity index (χ1n) is 7.47. The van der Waals surface area contributed by atoms with Gasteiger partial charge in [-0.3, -0.25) is 9.59 Å². The quantitative estimate of drug-likeness (QED) is 0.933. The molecule has 0 spiro atoms. The van der Waals surface area contributed by atoms with Crippen LogP contribution in [0.4, 0.5) is 10.2 Å². The van der Waals surface area contributed by atoms with Crippen LogP contribution in [0.3, 0.4) is 0 Å². The summed E-state index contributed by atoms with van der Waals surface area (Å²) >= 11 is 0. The second kappa shape index (κ2) is 6.82. The van der Waals surface area contributed by atoms with Crippen molar-refractivity contribution < 1.29 is 18.5 Å². The topological polar surface area (TPSA) is 75.4 Å². The zero-order valence-electron chi connectivity index (χ0n) is 14.1. The number of aromatic nitrogens is 1. The highest BCUT2D eigenvalue weighted by atomic mass is 19.1. The number of nitrogens with zero attached hydrogens (tertiary/aromatic N) is 2. The Labute approximate surface area is 139 Å². The number of hydrogen-bond donors (Lipinski definition) is 1. The Kier molecular flexibility index (Phi) is 5.02. The smallest absolute Gasteiger partial charge is 0.254 e. The Morgan fingerprint density at radius 3 is 2.38 bits per heavy atom. The van der Waals surface area contributed by atoms with Crippen LogP contribution in [0.15, 0.2) is 34.9 Å². The third-order valence-corrected chi connectivity index (χ3v) is 3.34. The van der Waals surface area contributed by atoms with Gasteiger partial charge >= 0.3 is 0 Å². The first kappa shape index (κ1) is 17.7. The van der Waals surface area contributed by atoms with Gasteiger partial charge in [0.2, 0.25) is 5.91 Å². The number of amides is 2. The maximum atomic E-state index is 13.0. The summed E-state index contributed by atoms with van der Waals surface area (Å²) in [5.74, 6) is -0.309. The van der Waals surface area contributed by atoms with Gasteiger partial charge in [0, 0.05) is 17.2 Å². The van der Waals surface area contributed by atoms with Gasteiger partial charge < -0.3 is 14.7 Å². The maximum Gasteiger partial charge on any atom is 0.254 e. The lowest BCUT2D eigenvalue weighted by atomic mass is 10.0. The molecule has 0 fully saturated rings. The van der Waals surface area contributed by atoms with Crippen LogP contribution in [0, 0.1) is 12.7 Å². The van der Waals surface area contributed by atoms with Crippen LogP contribution in [-0.4, -0.2) is 34.0 Å². The molecular weight excluding hydrogens is 313 g/mol. The molecule has 0 bridgehead atoms. The Hall–Kier alpha value is -2.70. The third-order valence-electron chi connectivity index (χ3n) is 3.34. The molecule has 128 valence electrons. The summed E-state index contributed by atoms with van der Waals surface area (Å²) in [4.78, 5) is 26.3. The Balaban J connectivity index is 2.14. The van der Waals surface area contributed by atoms with Crippen LogP contribution in [0.5, 0.6) is 0 Å². The molecule has 6 nitrogen and oxygen atoms in total. The normalized spacial score (nSPS) is 11.2. The minimum absolute atomic E-state index is 0.161. The van der Waals surface area contributed by atoms with E-state index in [9.17, 15) is 14.0 Å². The van der Waals surface area contributed by atoms with Crippen LogP contribution < -0.4 is 5.32 Å². The molecular formula is C17H20FN3O3. The van der Waals surface area contributed by atoms with Gasteiger partial charge in [-0.25, -0.2) is 4.39 Å². The molecule has 0 saturated carbocycles. The zero-order valence-corrected chi connectivity index (χ0v) is 14.1. The van der Waals surface area contributed by atoms with Gasteiger partial charge in [-0.1, -0.05) is 5.16 Å². The van der Waals surface area contributed by atoms with Crippen LogP contribution in [0.2, 0.25) is 0 Å². The van der Waals surface area contributed by atoms with Crippen molar-refractivity contribution in [2.24, 2.45) is 0 Å². The molecule has 2 aromatic rings. The van der Waals surface area contributed by atoms with E-state index in [2.05, 4.69) is 10.5 Å². The fourth-order valence-electron chi connectivity index (χ4n) is 2.11. The van der Waals surface area contributed by atoms with Crippen molar-refractivity contribution in [2.45, 2.75) is 33.2 Å². The van der Waals surface area contributed by atoms with Crippen LogP contribution in [-0.2, 0) is 4.79 Å². The minimum atomic E-state index is -0.595. The SMILES string of the molecule is Cc1cc(NC(=O)CN(C(=O)c2ccc(F)cc2)C(C)(C)C)no1. The summed E-state index contributed by atoms with van der Waals surface area (Å²) < 4.78 is 17.9. The molecule has 0 aliphatic rings. The highest BCUT2D eigenvalue weighted by Crippen LogP contribution is 2.18. The van der Waals surface area contributed by atoms with E-state index in [1.807, 2.05) is 20.8 Å². The number of nitrogens with one attached hydrogen (secondary N) is 1. The van der Waals surface area contributed by atoms with Crippen molar-refractivity contribution in [3.63, 3.8) is 0 Å². The third kappa shape index (κ3) is 4.41. The van der Waals surface area contributed by atoms with Crippen molar-refractivity contribution in [2.75, 3.05) is 11.9 Å². The average Bonchev–Trinajstić information content (AvgIpc) is 2.89. The number of hydrogen-bond acceptors (Lipinski definition) is 4. The number of rotatable bonds is 4. The van der Waals surface area contributed by atoms with E-state index in [4.69, 9.17) is 4.52 Å². The first-order valence-corrected chi connectivity index (χ1v) is 7.47. The van der Waals surface area contributed by atoms with E-state index in [-0.39, 0.29) is 12.5 Å². The van der Waals surface area contributed by atoms with Crippen molar-refractivity contribution in [1.29, 1.82) is 0 Å². The standard InChI is InChI=1S/C17H20FN3O3/c1-11-9-14(20-24-11)19-15(22)10-21(17(2,3)4)16(23)12-5-7-13(18)8-6-12/h5-9H,10H2,1-4H3,(H,19,20,22). The summed E-state index contributed by atoms with van der Waals surface area (Å²) in [6, 6.07) is 6.81. The predicted molar refractivity (Wildman–Crippen MR) is 87.1 cm³/mol. The summed E-state index contributed by atoms with van der Waals surface area (Å²) in [5.41, 5.74) is -0.279. The van der Waals surface area contributed by atoms with Gasteiger partial charge in [0.1, 0.15) is 18.1 Å². The van der Waals surface area contributed by atoms with E-state index in [0.29, 0.717) is 17.1 Å². The second-order valence-corrected chi connectivity index (χ2v) is 6.44. The molecule has 0 aliphatic heterocycles. The maximum absolute atomic E-state index is 13.0. The number of halogens is 1. The molecule has 2 amide bonds. The van der Waals surface area contributed by atoms with Crippen LogP contribution in [0.25, 0.3) is 0 Å². The van der Waals surface area contributed by atoms with Crippen LogP contribution >= 0.6 is 0 Å². The van der Waals surface area contributed by atoms with Gasteiger partial charge in [-0.05, 0) is 52.0 Å². The van der Waals surface area contributed by atoms with E-state index < -0.39 is 17.3 Å². The number of aryl methyl sites for hydroxylation is 1. The van der Waals surface area contributed by atoms with E-state index in [0.717, 1.165) is 0 Å². The number of benzene rings is 1. The van der Waals surface area contributed by atoms with Gasteiger partial charge in [-0.15, -0.1) is 0 Å². The van der Waals surface area contributed by atoms with Crippen LogP contribution in [0.1, 0.15) is 36.9 Å². The molecule has 0 unspecified atom stereocenters. The Bertz CT molecular complexity index is 732. The number of carbonyl (C=O) groups is 2. The molecule has 7 heteroatoms. The van der Waals surface area contributed by atoms with Gasteiger partial charge in [0.15, 0.2) is 5.82 Å². The summed E-state index contributed by atoms with van der Waals surface area (Å²) in [5, 5.41) is 6.27. The number of anilines is 1. The molecule has 0 aliphatic carbocycles. The van der Waals surface area contributed by atoms with Gasteiger partial charge in [0.05, 0.1) is 0 Å². The highest BCUT2D eigenvalue weighted by Gasteiger charge is 2.29. The average molecular weight is 333 g/mol. The highest BCUT2D eigenvalue weighted by molar-refractivity contribution is 5.99. The zero-order chi connectivity index (χ0) is 17.9. The summed E-state index contributed by atoms with van der Waals surface area (Å²) in [6.07, 6.45) is 0. The molecule has 0 atom stereocenters. The molecule has 0 radical (unpaired) electrons. The summed E-state index contributed by atoms with van der Waals surface area (Å²) in [6.45, 7) is 7.01.